The first-order valence-electron chi connectivity index (χ1n) is 6.07. The number of ketones is 1. The second-order valence-electron chi connectivity index (χ2n) is 4.68. The van der Waals surface area contributed by atoms with Crippen molar-refractivity contribution < 1.29 is 4.79 Å². The van der Waals surface area contributed by atoms with Gasteiger partial charge in [-0.05, 0) is 25.0 Å². The van der Waals surface area contributed by atoms with Gasteiger partial charge in [0.15, 0.2) is 11.2 Å². The number of nitriles is 1. The first-order chi connectivity index (χ1) is 8.76. The lowest BCUT2D eigenvalue weighted by Crippen LogP contribution is -2.30. The van der Waals surface area contributed by atoms with Crippen molar-refractivity contribution in [2.45, 2.75) is 24.7 Å². The lowest BCUT2D eigenvalue weighted by molar-refractivity contribution is -0.120. The van der Waals surface area contributed by atoms with Gasteiger partial charge in [0.25, 0.3) is 0 Å². The van der Waals surface area contributed by atoms with Gasteiger partial charge in [-0.1, -0.05) is 24.3 Å². The number of hydrogen-bond acceptors (Lipinski definition) is 3. The smallest absolute Gasteiger partial charge is 0.159 e. The van der Waals surface area contributed by atoms with E-state index in [4.69, 9.17) is 0 Å². The fourth-order valence-electron chi connectivity index (χ4n) is 2.62. The number of benzene rings is 1. The molecule has 1 unspecified atom stereocenters. The molecule has 88 valence electrons. The fraction of sp³-hybridized carbons (Fsp3) is 0.267. The van der Waals surface area contributed by atoms with Crippen molar-refractivity contribution in [3.05, 3.63) is 42.1 Å². The second-order valence-corrected chi connectivity index (χ2v) is 4.68. The lowest BCUT2D eigenvalue weighted by atomic mass is 9.83. The van der Waals surface area contributed by atoms with E-state index in [1.165, 1.54) is 0 Å². The van der Waals surface area contributed by atoms with Gasteiger partial charge in [-0.15, -0.1) is 0 Å². The molecule has 1 heterocycles. The molecule has 2 aromatic rings. The zero-order valence-corrected chi connectivity index (χ0v) is 9.89. The van der Waals surface area contributed by atoms with Crippen molar-refractivity contribution in [2.24, 2.45) is 0 Å². The van der Waals surface area contributed by atoms with Crippen molar-refractivity contribution in [3.8, 4) is 6.07 Å². The second kappa shape index (κ2) is 3.92. The average molecular weight is 236 g/mol. The van der Waals surface area contributed by atoms with Crippen LogP contribution in [0.3, 0.4) is 0 Å². The van der Waals surface area contributed by atoms with Crippen LogP contribution in [0.1, 0.15) is 25.0 Å². The predicted octanol–water partition coefficient (Wildman–Crippen LogP) is 2.75. The molecular formula is C15H12N2O. The Kier molecular flexibility index (Phi) is 2.38. The van der Waals surface area contributed by atoms with E-state index in [9.17, 15) is 10.1 Å². The Labute approximate surface area is 105 Å². The third kappa shape index (κ3) is 1.42. The van der Waals surface area contributed by atoms with E-state index in [0.717, 1.165) is 17.3 Å². The van der Waals surface area contributed by atoms with Crippen LogP contribution in [0.2, 0.25) is 0 Å². The van der Waals surface area contributed by atoms with E-state index < -0.39 is 5.41 Å². The van der Waals surface area contributed by atoms with Crippen LogP contribution in [0.5, 0.6) is 0 Å². The van der Waals surface area contributed by atoms with Gasteiger partial charge in [-0.25, -0.2) is 0 Å². The Balaban J connectivity index is 2.20. The Hall–Kier alpha value is -2.21. The summed E-state index contributed by atoms with van der Waals surface area (Å²) in [5.74, 6) is 0.00720. The summed E-state index contributed by atoms with van der Waals surface area (Å²) in [6.45, 7) is 0. The van der Waals surface area contributed by atoms with Gasteiger partial charge < -0.3 is 0 Å². The van der Waals surface area contributed by atoms with Crippen LogP contribution in [0.25, 0.3) is 10.9 Å². The van der Waals surface area contributed by atoms with Gasteiger partial charge in [0, 0.05) is 11.8 Å². The molecular weight excluding hydrogens is 224 g/mol. The Morgan fingerprint density at radius 2 is 2.06 bits per heavy atom. The van der Waals surface area contributed by atoms with Crippen molar-refractivity contribution in [3.63, 3.8) is 0 Å². The summed E-state index contributed by atoms with van der Waals surface area (Å²) in [6, 6.07) is 13.7. The first kappa shape index (κ1) is 10.9. The van der Waals surface area contributed by atoms with Crippen molar-refractivity contribution in [2.75, 3.05) is 0 Å². The molecule has 0 aliphatic heterocycles. The fourth-order valence-corrected chi connectivity index (χ4v) is 2.62. The van der Waals surface area contributed by atoms with Crippen molar-refractivity contribution >= 4 is 16.7 Å². The van der Waals surface area contributed by atoms with Crippen molar-refractivity contribution in [1.82, 2.24) is 4.98 Å². The molecule has 3 heteroatoms. The van der Waals surface area contributed by atoms with E-state index in [1.807, 2.05) is 36.4 Å². The minimum atomic E-state index is -1.01. The molecule has 1 aliphatic carbocycles. The van der Waals surface area contributed by atoms with Gasteiger partial charge in [0.2, 0.25) is 0 Å². The average Bonchev–Trinajstić information content (AvgIpc) is 2.80. The first-order valence-corrected chi connectivity index (χ1v) is 6.07. The van der Waals surface area contributed by atoms with Crippen LogP contribution in [-0.2, 0) is 10.2 Å². The number of nitrogens with zero attached hydrogens (tertiary/aromatic N) is 2. The largest absolute Gasteiger partial charge is 0.297 e. The highest BCUT2D eigenvalue weighted by molar-refractivity contribution is 5.95. The van der Waals surface area contributed by atoms with Crippen LogP contribution < -0.4 is 0 Å². The summed E-state index contributed by atoms with van der Waals surface area (Å²) >= 11 is 0. The summed E-state index contributed by atoms with van der Waals surface area (Å²) in [5, 5.41) is 10.4. The normalized spacial score (nSPS) is 23.2. The summed E-state index contributed by atoms with van der Waals surface area (Å²) in [5.41, 5.74) is 0.430. The minimum absolute atomic E-state index is 0.00720. The van der Waals surface area contributed by atoms with E-state index in [2.05, 4.69) is 11.1 Å². The third-order valence-electron chi connectivity index (χ3n) is 3.66. The summed E-state index contributed by atoms with van der Waals surface area (Å²) in [6.07, 6.45) is 1.86. The molecule has 1 atom stereocenters. The highest BCUT2D eigenvalue weighted by atomic mass is 16.1. The molecule has 1 aromatic heterocycles. The Bertz CT molecular complexity index is 671. The van der Waals surface area contributed by atoms with Crippen LogP contribution in [0.4, 0.5) is 0 Å². The third-order valence-corrected chi connectivity index (χ3v) is 3.66. The molecule has 0 N–H and O–H groups in total. The van der Waals surface area contributed by atoms with Crippen molar-refractivity contribution in [1.29, 1.82) is 5.26 Å². The molecule has 0 saturated heterocycles. The van der Waals surface area contributed by atoms with Gasteiger partial charge >= 0.3 is 0 Å². The monoisotopic (exact) mass is 236 g/mol. The lowest BCUT2D eigenvalue weighted by Gasteiger charge is -2.18. The number of pyridine rings is 1. The molecule has 1 aliphatic rings. The van der Waals surface area contributed by atoms with Crippen LogP contribution in [-0.4, -0.2) is 10.8 Å². The quantitative estimate of drug-likeness (QED) is 0.765. The predicted molar refractivity (Wildman–Crippen MR) is 67.9 cm³/mol. The number of carbonyl (C=O) groups is 1. The maximum Gasteiger partial charge on any atom is 0.159 e. The van der Waals surface area contributed by atoms with E-state index in [1.54, 1.807) is 0 Å². The SMILES string of the molecule is N#CC1(c2ccc3ccccc3n2)CCCC1=O. The molecule has 18 heavy (non-hydrogen) atoms. The molecule has 0 spiro atoms. The Morgan fingerprint density at radius 3 is 2.78 bits per heavy atom. The molecule has 3 nitrogen and oxygen atoms in total. The van der Waals surface area contributed by atoms with Crippen LogP contribution in [0, 0.1) is 11.3 Å². The van der Waals surface area contributed by atoms with Gasteiger partial charge in [0.1, 0.15) is 0 Å². The molecule has 0 bridgehead atoms. The number of Topliss-reactive ketones (excluding diaryl/α,β-unsaturated/α-hetero) is 1. The topological polar surface area (TPSA) is 53.8 Å². The molecule has 3 rings (SSSR count). The summed E-state index contributed by atoms with van der Waals surface area (Å²) in [4.78, 5) is 16.5. The van der Waals surface area contributed by atoms with E-state index >= 15 is 0 Å². The Morgan fingerprint density at radius 1 is 1.22 bits per heavy atom. The maximum absolute atomic E-state index is 12.0. The molecule has 1 fully saturated rings. The van der Waals surface area contributed by atoms with E-state index in [0.29, 0.717) is 18.5 Å². The summed E-state index contributed by atoms with van der Waals surface area (Å²) < 4.78 is 0. The van der Waals surface area contributed by atoms with Gasteiger partial charge in [-0.3, -0.25) is 9.78 Å². The number of fused-ring (bicyclic) bond motifs is 1. The summed E-state index contributed by atoms with van der Waals surface area (Å²) in [7, 11) is 0. The van der Waals surface area contributed by atoms with Crippen LogP contribution in [0.15, 0.2) is 36.4 Å². The number of aromatic nitrogens is 1. The van der Waals surface area contributed by atoms with Crippen LogP contribution >= 0.6 is 0 Å². The number of hydrogen-bond donors (Lipinski definition) is 0. The zero-order valence-electron chi connectivity index (χ0n) is 9.89. The number of rotatable bonds is 1. The molecule has 1 saturated carbocycles. The maximum atomic E-state index is 12.0. The zero-order chi connectivity index (χ0) is 12.6. The number of carbonyl (C=O) groups excluding carboxylic acids is 1. The van der Waals surface area contributed by atoms with Gasteiger partial charge in [-0.2, -0.15) is 5.26 Å². The highest BCUT2D eigenvalue weighted by Gasteiger charge is 2.45. The minimum Gasteiger partial charge on any atom is -0.297 e. The van der Waals surface area contributed by atoms with E-state index in [-0.39, 0.29) is 5.78 Å². The standard InChI is InChI=1S/C15H12N2O/c16-10-15(9-3-6-14(15)18)13-8-7-11-4-1-2-5-12(11)17-13/h1-2,4-5,7-8H,3,6,9H2. The highest BCUT2D eigenvalue weighted by Crippen LogP contribution is 2.37. The molecule has 0 amide bonds. The number of para-hydroxylation sites is 1. The molecule has 1 aromatic carbocycles. The van der Waals surface area contributed by atoms with Gasteiger partial charge in [0.05, 0.1) is 17.3 Å². The molecule has 0 radical (unpaired) electrons.